The number of H-pyrrole nitrogens is 1. The molecule has 0 spiro atoms. The molecule has 1 atom stereocenters. The van der Waals surface area contributed by atoms with Crippen LogP contribution >= 0.6 is 0 Å². The summed E-state index contributed by atoms with van der Waals surface area (Å²) in [6, 6.07) is 6.94. The molecule has 0 bridgehead atoms. The molecule has 1 unspecified atom stereocenters. The molecule has 25 heavy (non-hydrogen) atoms. The third-order valence-corrected chi connectivity index (χ3v) is 4.01. The number of nitrogens with zero attached hydrogens (tertiary/aromatic N) is 1. The van der Waals surface area contributed by atoms with E-state index in [1.165, 1.54) is 10.8 Å². The Labute approximate surface area is 142 Å². The maximum absolute atomic E-state index is 12.1. The minimum atomic E-state index is -0.789. The predicted molar refractivity (Wildman–Crippen MR) is 88.7 cm³/mol. The van der Waals surface area contributed by atoms with E-state index in [0.717, 1.165) is 12.0 Å². The molecule has 1 fully saturated rings. The molecule has 1 aliphatic rings. The highest BCUT2D eigenvalue weighted by Gasteiger charge is 2.22. The molecule has 1 amide bonds. The molecule has 1 saturated heterocycles. The maximum Gasteiger partial charge on any atom is 0.345 e. The number of benzene rings is 1. The van der Waals surface area contributed by atoms with Crippen molar-refractivity contribution in [2.45, 2.75) is 25.8 Å². The number of aromatic nitrogens is 2. The van der Waals surface area contributed by atoms with Gasteiger partial charge in [-0.25, -0.2) is 9.59 Å². The molecule has 0 aliphatic carbocycles. The molecule has 1 aromatic heterocycles. The number of carbonyl (C=O) groups is 2. The van der Waals surface area contributed by atoms with Gasteiger partial charge in [0.05, 0.1) is 18.3 Å². The summed E-state index contributed by atoms with van der Waals surface area (Å²) < 4.78 is 5.99. The molecule has 130 valence electrons. The topological polar surface area (TPSA) is 110 Å². The van der Waals surface area contributed by atoms with Crippen molar-refractivity contribution in [3.8, 4) is 5.69 Å². The summed E-state index contributed by atoms with van der Waals surface area (Å²) in [5, 5.41) is 2.87. The maximum atomic E-state index is 12.1. The summed E-state index contributed by atoms with van der Waals surface area (Å²) in [6.07, 6.45) is 2.39. The van der Waals surface area contributed by atoms with Gasteiger partial charge in [0.15, 0.2) is 0 Å². The van der Waals surface area contributed by atoms with Crippen molar-refractivity contribution in [3.63, 3.8) is 0 Å². The fourth-order valence-electron chi connectivity index (χ4n) is 2.75. The highest BCUT2D eigenvalue weighted by Crippen LogP contribution is 2.24. The number of rotatable bonds is 4. The Kier molecular flexibility index (Phi) is 4.51. The lowest BCUT2D eigenvalue weighted by Gasteiger charge is -2.12. The van der Waals surface area contributed by atoms with Gasteiger partial charge in [-0.15, -0.1) is 0 Å². The number of aromatic amines is 1. The van der Waals surface area contributed by atoms with Crippen LogP contribution in [0, 0.1) is 0 Å². The summed E-state index contributed by atoms with van der Waals surface area (Å²) in [5.74, 6) is -0.771. The first-order valence-corrected chi connectivity index (χ1v) is 7.92. The minimum Gasteiger partial charge on any atom is -0.462 e. The van der Waals surface area contributed by atoms with E-state index in [1.54, 1.807) is 31.2 Å². The van der Waals surface area contributed by atoms with E-state index in [9.17, 15) is 19.2 Å². The number of nitrogens with one attached hydrogen (secondary N) is 2. The lowest BCUT2D eigenvalue weighted by atomic mass is 10.1. The molecular weight excluding hydrogens is 326 g/mol. The summed E-state index contributed by atoms with van der Waals surface area (Å²) in [7, 11) is 0. The Morgan fingerprint density at radius 3 is 2.56 bits per heavy atom. The zero-order valence-corrected chi connectivity index (χ0v) is 13.6. The second-order valence-electron chi connectivity index (χ2n) is 5.64. The Morgan fingerprint density at radius 1 is 1.24 bits per heavy atom. The smallest absolute Gasteiger partial charge is 0.345 e. The molecule has 1 aliphatic heterocycles. The van der Waals surface area contributed by atoms with Crippen LogP contribution in [0.3, 0.4) is 0 Å². The van der Waals surface area contributed by atoms with Gasteiger partial charge in [0.25, 0.3) is 5.56 Å². The van der Waals surface area contributed by atoms with Crippen LogP contribution < -0.4 is 16.6 Å². The predicted octanol–water partition coefficient (Wildman–Crippen LogP) is 0.654. The zero-order valence-electron chi connectivity index (χ0n) is 13.6. The van der Waals surface area contributed by atoms with Gasteiger partial charge < -0.3 is 10.1 Å². The van der Waals surface area contributed by atoms with Gasteiger partial charge in [-0.1, -0.05) is 12.1 Å². The number of hydrogen-bond donors (Lipinski definition) is 2. The van der Waals surface area contributed by atoms with Crippen molar-refractivity contribution in [3.05, 3.63) is 62.4 Å². The van der Waals surface area contributed by atoms with Crippen LogP contribution in [0.1, 0.15) is 41.7 Å². The Bertz CT molecular complexity index is 927. The van der Waals surface area contributed by atoms with Gasteiger partial charge in [0, 0.05) is 12.6 Å². The fourth-order valence-corrected chi connectivity index (χ4v) is 2.75. The Hall–Kier alpha value is -3.16. The summed E-state index contributed by atoms with van der Waals surface area (Å²) in [4.78, 5) is 49.1. The SMILES string of the molecule is CCOC(=O)c1cn(-c2ccc(C3CCC(=O)N3)cc2)c(=O)[nH]c1=O. The molecule has 0 radical (unpaired) electrons. The van der Waals surface area contributed by atoms with Crippen LogP contribution in [0.15, 0.2) is 40.1 Å². The fraction of sp³-hybridized carbons (Fsp3) is 0.294. The summed E-state index contributed by atoms with van der Waals surface area (Å²) in [6.45, 7) is 1.75. The van der Waals surface area contributed by atoms with Gasteiger partial charge >= 0.3 is 11.7 Å². The summed E-state index contributed by atoms with van der Waals surface area (Å²) in [5.41, 5.74) is -0.267. The van der Waals surface area contributed by atoms with Crippen molar-refractivity contribution in [2.24, 2.45) is 0 Å². The van der Waals surface area contributed by atoms with Crippen molar-refractivity contribution in [1.29, 1.82) is 0 Å². The second-order valence-corrected chi connectivity index (χ2v) is 5.64. The number of carbonyl (C=O) groups excluding carboxylic acids is 2. The van der Waals surface area contributed by atoms with Crippen LogP contribution in [-0.4, -0.2) is 28.0 Å². The van der Waals surface area contributed by atoms with Crippen molar-refractivity contribution < 1.29 is 14.3 Å². The quantitative estimate of drug-likeness (QED) is 0.792. The van der Waals surface area contributed by atoms with Crippen LogP contribution in [0.4, 0.5) is 0 Å². The highest BCUT2D eigenvalue weighted by molar-refractivity contribution is 5.88. The van der Waals surface area contributed by atoms with E-state index in [-0.39, 0.29) is 24.1 Å². The van der Waals surface area contributed by atoms with Gasteiger partial charge in [0.2, 0.25) is 5.91 Å². The average molecular weight is 343 g/mol. The third-order valence-electron chi connectivity index (χ3n) is 4.01. The van der Waals surface area contributed by atoms with Crippen molar-refractivity contribution in [1.82, 2.24) is 14.9 Å². The van der Waals surface area contributed by atoms with Gasteiger partial charge in [-0.2, -0.15) is 0 Å². The lowest BCUT2D eigenvalue weighted by Crippen LogP contribution is -2.33. The molecule has 2 aromatic rings. The first-order valence-electron chi connectivity index (χ1n) is 7.92. The highest BCUT2D eigenvalue weighted by atomic mass is 16.5. The Balaban J connectivity index is 1.94. The molecule has 3 rings (SSSR count). The van der Waals surface area contributed by atoms with E-state index in [1.807, 2.05) is 0 Å². The van der Waals surface area contributed by atoms with E-state index < -0.39 is 17.2 Å². The molecular formula is C17H17N3O5. The van der Waals surface area contributed by atoms with Crippen LogP contribution in [0.2, 0.25) is 0 Å². The van der Waals surface area contributed by atoms with Crippen LogP contribution in [0.5, 0.6) is 0 Å². The van der Waals surface area contributed by atoms with E-state index in [4.69, 9.17) is 4.74 Å². The monoisotopic (exact) mass is 343 g/mol. The molecule has 2 N–H and O–H groups in total. The van der Waals surface area contributed by atoms with Crippen molar-refractivity contribution >= 4 is 11.9 Å². The third kappa shape index (κ3) is 3.37. The van der Waals surface area contributed by atoms with Crippen LogP contribution in [0.25, 0.3) is 5.69 Å². The number of hydrogen-bond acceptors (Lipinski definition) is 5. The van der Waals surface area contributed by atoms with Gasteiger partial charge in [-0.3, -0.25) is 19.1 Å². The molecule has 1 aromatic carbocycles. The minimum absolute atomic E-state index is 0.0185. The van der Waals surface area contributed by atoms with Crippen LogP contribution in [-0.2, 0) is 9.53 Å². The van der Waals surface area contributed by atoms with Crippen molar-refractivity contribution in [2.75, 3.05) is 6.61 Å². The number of esters is 1. The lowest BCUT2D eigenvalue weighted by molar-refractivity contribution is -0.119. The molecule has 0 saturated carbocycles. The number of amides is 1. The summed E-state index contributed by atoms with van der Waals surface area (Å²) >= 11 is 0. The van der Waals surface area contributed by atoms with E-state index in [2.05, 4.69) is 10.3 Å². The molecule has 8 nitrogen and oxygen atoms in total. The zero-order chi connectivity index (χ0) is 18.0. The average Bonchev–Trinajstić information content (AvgIpc) is 3.02. The second kappa shape index (κ2) is 6.76. The number of ether oxygens (including phenoxy) is 1. The largest absolute Gasteiger partial charge is 0.462 e. The normalized spacial score (nSPS) is 16.5. The molecule has 2 heterocycles. The van der Waals surface area contributed by atoms with Gasteiger partial charge in [-0.05, 0) is 31.0 Å². The van der Waals surface area contributed by atoms with Gasteiger partial charge in [0.1, 0.15) is 5.56 Å². The Morgan fingerprint density at radius 2 is 1.96 bits per heavy atom. The van der Waals surface area contributed by atoms with E-state index in [0.29, 0.717) is 12.1 Å². The molecule has 8 heteroatoms. The van der Waals surface area contributed by atoms with E-state index >= 15 is 0 Å². The first-order chi connectivity index (χ1) is 12.0. The standard InChI is InChI=1S/C17H17N3O5/c1-2-25-16(23)12-9-20(17(24)19-15(12)22)11-5-3-10(4-6-11)13-7-8-14(21)18-13/h3-6,9,13H,2,7-8H2,1H3,(H,18,21)(H,19,22,24). The first kappa shape index (κ1) is 16.7.